The Labute approximate surface area is 143 Å². The van der Waals surface area contributed by atoms with E-state index in [2.05, 4.69) is 0 Å². The smallest absolute Gasteiger partial charge is 0.104 e. The second kappa shape index (κ2) is 21.0. The van der Waals surface area contributed by atoms with Crippen LogP contribution in [0, 0.1) is 0 Å². The zero-order chi connectivity index (χ0) is 13.8. The third-order valence-electron chi connectivity index (χ3n) is 2.40. The Balaban J connectivity index is -0.000000451. The van der Waals surface area contributed by atoms with E-state index in [1.165, 1.54) is 0 Å². The quantitative estimate of drug-likeness (QED) is 0.609. The van der Waals surface area contributed by atoms with Crippen molar-refractivity contribution in [2.24, 2.45) is 0 Å². The van der Waals surface area contributed by atoms with Crippen LogP contribution in [-0.4, -0.2) is 56.0 Å². The van der Waals surface area contributed by atoms with Crippen LogP contribution in [0.25, 0.3) is 0 Å². The van der Waals surface area contributed by atoms with Gasteiger partial charge >= 0.3 is 0 Å². The summed E-state index contributed by atoms with van der Waals surface area (Å²) in [6.07, 6.45) is -0.234. The molecule has 0 aliphatic rings. The minimum atomic E-state index is -0.234. The maximum absolute atomic E-state index is 8.74. The lowest BCUT2D eigenvalue weighted by Crippen LogP contribution is -2.27. The summed E-state index contributed by atoms with van der Waals surface area (Å²) >= 11 is 0. The lowest BCUT2D eigenvalue weighted by Gasteiger charge is -2.17. The van der Waals surface area contributed by atoms with E-state index in [9.17, 15) is 0 Å². The molecule has 1 aromatic carbocycles. The summed E-state index contributed by atoms with van der Waals surface area (Å²) in [5.74, 6) is 0. The van der Waals surface area contributed by atoms with Crippen molar-refractivity contribution in [3.63, 3.8) is 0 Å². The minimum Gasteiger partial charge on any atom is -0.394 e. The molecular weight excluding hydrogens is 296 g/mol. The predicted octanol–water partition coefficient (Wildman–Crippen LogP) is 3.13. The number of rotatable bonds is 11. The van der Waals surface area contributed by atoms with Gasteiger partial charge in [0.15, 0.2) is 0 Å². The molecular formula is C18H38O5. The number of aliphatic hydroxyl groups is 2. The second-order valence-corrected chi connectivity index (χ2v) is 4.02. The molecule has 0 saturated heterocycles. The van der Waals surface area contributed by atoms with Gasteiger partial charge in [-0.1, -0.05) is 60.0 Å². The SMILES string of the molecule is C.C.C.C.OCCOCC(COCc1ccccc1)OCCO. The molecule has 0 aromatic heterocycles. The minimum absolute atomic E-state index is 0. The van der Waals surface area contributed by atoms with Crippen LogP contribution in [0.5, 0.6) is 0 Å². The molecule has 23 heavy (non-hydrogen) atoms. The Kier molecular flexibility index (Phi) is 27.4. The van der Waals surface area contributed by atoms with Crippen LogP contribution in [0.3, 0.4) is 0 Å². The molecule has 0 saturated carbocycles. The summed E-state index contributed by atoms with van der Waals surface area (Å²) in [6, 6.07) is 9.86. The molecule has 0 spiro atoms. The fourth-order valence-corrected chi connectivity index (χ4v) is 1.53. The monoisotopic (exact) mass is 334 g/mol. The molecule has 2 N–H and O–H groups in total. The van der Waals surface area contributed by atoms with E-state index in [0.717, 1.165) is 5.56 Å². The van der Waals surface area contributed by atoms with E-state index in [-0.39, 0.29) is 62.2 Å². The first kappa shape index (κ1) is 30.0. The average Bonchev–Trinajstić information content (AvgIpc) is 2.45. The first-order valence-electron chi connectivity index (χ1n) is 6.39. The normalized spacial score (nSPS) is 10.3. The summed E-state index contributed by atoms with van der Waals surface area (Å²) in [4.78, 5) is 0. The lowest BCUT2D eigenvalue weighted by atomic mass is 10.2. The molecule has 0 aliphatic carbocycles. The highest BCUT2D eigenvalue weighted by Gasteiger charge is 2.09. The van der Waals surface area contributed by atoms with Gasteiger partial charge in [0.2, 0.25) is 0 Å². The molecule has 5 heteroatoms. The van der Waals surface area contributed by atoms with Crippen molar-refractivity contribution < 1.29 is 24.4 Å². The number of hydrogen-bond acceptors (Lipinski definition) is 5. The molecule has 5 nitrogen and oxygen atoms in total. The Morgan fingerprint density at radius 3 is 1.91 bits per heavy atom. The van der Waals surface area contributed by atoms with E-state index in [4.69, 9.17) is 24.4 Å². The number of ether oxygens (including phenoxy) is 3. The molecule has 1 atom stereocenters. The molecule has 0 heterocycles. The van der Waals surface area contributed by atoms with Gasteiger partial charge in [-0.2, -0.15) is 0 Å². The van der Waals surface area contributed by atoms with Gasteiger partial charge in [0.1, 0.15) is 6.10 Å². The molecule has 1 rings (SSSR count). The van der Waals surface area contributed by atoms with Crippen LogP contribution in [-0.2, 0) is 20.8 Å². The number of benzene rings is 1. The van der Waals surface area contributed by atoms with Gasteiger partial charge in [-0.25, -0.2) is 0 Å². The van der Waals surface area contributed by atoms with Crippen molar-refractivity contribution in [3.8, 4) is 0 Å². The van der Waals surface area contributed by atoms with E-state index < -0.39 is 0 Å². The Morgan fingerprint density at radius 2 is 1.35 bits per heavy atom. The third kappa shape index (κ3) is 15.7. The van der Waals surface area contributed by atoms with Gasteiger partial charge in [0.25, 0.3) is 0 Å². The fourth-order valence-electron chi connectivity index (χ4n) is 1.53. The molecule has 0 fully saturated rings. The van der Waals surface area contributed by atoms with Crippen LogP contribution in [0.4, 0.5) is 0 Å². The van der Waals surface area contributed by atoms with Gasteiger partial charge in [-0.3, -0.25) is 0 Å². The highest BCUT2D eigenvalue weighted by Crippen LogP contribution is 2.02. The molecule has 0 bridgehead atoms. The van der Waals surface area contributed by atoms with E-state index in [1.807, 2.05) is 30.3 Å². The number of hydrogen-bond donors (Lipinski definition) is 2. The van der Waals surface area contributed by atoms with Gasteiger partial charge < -0.3 is 24.4 Å². The van der Waals surface area contributed by atoms with E-state index >= 15 is 0 Å². The molecule has 1 aromatic rings. The second-order valence-electron chi connectivity index (χ2n) is 4.02. The largest absolute Gasteiger partial charge is 0.394 e. The number of aliphatic hydroxyl groups excluding tert-OH is 2. The predicted molar refractivity (Wildman–Crippen MR) is 97.8 cm³/mol. The zero-order valence-corrected chi connectivity index (χ0v) is 11.0. The van der Waals surface area contributed by atoms with Gasteiger partial charge in [-0.15, -0.1) is 0 Å². The van der Waals surface area contributed by atoms with Crippen molar-refractivity contribution >= 4 is 0 Å². The maximum Gasteiger partial charge on any atom is 0.104 e. The van der Waals surface area contributed by atoms with Gasteiger partial charge in [0.05, 0.1) is 46.2 Å². The Morgan fingerprint density at radius 1 is 0.783 bits per heavy atom. The molecule has 0 amide bonds. The van der Waals surface area contributed by atoms with Crippen molar-refractivity contribution in [2.75, 3.05) is 39.6 Å². The summed E-state index contributed by atoms with van der Waals surface area (Å²) in [7, 11) is 0. The standard InChI is InChI=1S/C14H22O5.4CH4/c15-6-8-17-11-14(19-9-7-16)12-18-10-13-4-2-1-3-5-13;;;;/h1-5,14-16H,6-12H2;4*1H4. The first-order valence-corrected chi connectivity index (χ1v) is 6.39. The van der Waals surface area contributed by atoms with E-state index in [1.54, 1.807) is 0 Å². The topological polar surface area (TPSA) is 68.2 Å². The molecule has 140 valence electrons. The fraction of sp³-hybridized carbons (Fsp3) is 0.667. The van der Waals surface area contributed by atoms with Crippen LogP contribution in [0.1, 0.15) is 35.3 Å². The highest BCUT2D eigenvalue weighted by molar-refractivity contribution is 5.13. The van der Waals surface area contributed by atoms with Crippen LogP contribution >= 0.6 is 0 Å². The van der Waals surface area contributed by atoms with Crippen LogP contribution < -0.4 is 0 Å². The lowest BCUT2D eigenvalue weighted by molar-refractivity contribution is -0.0732. The first-order chi connectivity index (χ1) is 9.36. The summed E-state index contributed by atoms with van der Waals surface area (Å²) in [5, 5.41) is 17.4. The molecule has 1 unspecified atom stereocenters. The zero-order valence-electron chi connectivity index (χ0n) is 11.0. The summed E-state index contributed by atoms with van der Waals surface area (Å²) in [6.45, 7) is 1.72. The van der Waals surface area contributed by atoms with Crippen LogP contribution in [0.2, 0.25) is 0 Å². The highest BCUT2D eigenvalue weighted by atomic mass is 16.6. The Bertz CT molecular complexity index is 306. The molecule has 0 radical (unpaired) electrons. The van der Waals surface area contributed by atoms with Crippen molar-refractivity contribution in [3.05, 3.63) is 35.9 Å². The summed E-state index contributed by atoms with van der Waals surface area (Å²) in [5.41, 5.74) is 1.10. The third-order valence-corrected chi connectivity index (χ3v) is 2.40. The van der Waals surface area contributed by atoms with E-state index in [0.29, 0.717) is 19.8 Å². The van der Waals surface area contributed by atoms with Gasteiger partial charge in [0, 0.05) is 0 Å². The van der Waals surface area contributed by atoms with Crippen molar-refractivity contribution in [1.82, 2.24) is 0 Å². The maximum atomic E-state index is 8.74. The van der Waals surface area contributed by atoms with Gasteiger partial charge in [-0.05, 0) is 5.56 Å². The van der Waals surface area contributed by atoms with Crippen molar-refractivity contribution in [1.29, 1.82) is 0 Å². The summed E-state index contributed by atoms with van der Waals surface area (Å²) < 4.78 is 16.2. The average molecular weight is 334 g/mol. The Hall–Kier alpha value is -0.980. The van der Waals surface area contributed by atoms with Crippen LogP contribution in [0.15, 0.2) is 30.3 Å². The van der Waals surface area contributed by atoms with Crippen molar-refractivity contribution in [2.45, 2.75) is 42.4 Å². The molecule has 0 aliphatic heterocycles.